The predicted molar refractivity (Wildman–Crippen MR) is 75.6 cm³/mol. The zero-order valence-electron chi connectivity index (χ0n) is 12.1. The summed E-state index contributed by atoms with van der Waals surface area (Å²) in [6, 6.07) is 6.55. The van der Waals surface area contributed by atoms with Gasteiger partial charge in [-0.1, -0.05) is 12.1 Å². The van der Waals surface area contributed by atoms with Crippen LogP contribution in [0.25, 0.3) is 11.0 Å². The van der Waals surface area contributed by atoms with Crippen molar-refractivity contribution in [1.29, 1.82) is 0 Å². The summed E-state index contributed by atoms with van der Waals surface area (Å²) in [4.78, 5) is 12.9. The summed E-state index contributed by atoms with van der Waals surface area (Å²) < 4.78 is 42.2. The number of benzene rings is 1. The highest BCUT2D eigenvalue weighted by atomic mass is 19.4. The standard InChI is InChI=1S/C15H16F3NO3/c1-9-3-4-11-10(6-14(21)22-12(11)5-9)7-19(2)8-13(20)15(16,17)18/h3-6,13,20H,7-8H2,1-2H3. The molecule has 0 aliphatic rings. The third-order valence-corrected chi connectivity index (χ3v) is 3.29. The fourth-order valence-electron chi connectivity index (χ4n) is 2.22. The predicted octanol–water partition coefficient (Wildman–Crippen LogP) is 2.46. The minimum Gasteiger partial charge on any atom is -0.423 e. The van der Waals surface area contributed by atoms with E-state index in [2.05, 4.69) is 0 Å². The van der Waals surface area contributed by atoms with Crippen LogP contribution in [-0.4, -0.2) is 35.9 Å². The summed E-state index contributed by atoms with van der Waals surface area (Å²) in [5, 5.41) is 9.76. The molecule has 0 saturated heterocycles. The topological polar surface area (TPSA) is 53.7 Å². The van der Waals surface area contributed by atoms with Gasteiger partial charge in [0.15, 0.2) is 6.10 Å². The number of halogens is 3. The Morgan fingerprint density at radius 2 is 2.00 bits per heavy atom. The molecule has 1 unspecified atom stereocenters. The van der Waals surface area contributed by atoms with Gasteiger partial charge in [0.25, 0.3) is 0 Å². The van der Waals surface area contributed by atoms with E-state index in [9.17, 15) is 18.0 Å². The van der Waals surface area contributed by atoms with E-state index in [0.29, 0.717) is 16.5 Å². The third-order valence-electron chi connectivity index (χ3n) is 3.29. The van der Waals surface area contributed by atoms with Gasteiger partial charge in [-0.25, -0.2) is 4.79 Å². The molecule has 0 fully saturated rings. The van der Waals surface area contributed by atoms with E-state index in [-0.39, 0.29) is 6.54 Å². The number of nitrogens with zero attached hydrogens (tertiary/aromatic N) is 1. The number of aliphatic hydroxyl groups excluding tert-OH is 1. The Bertz CT molecular complexity index is 724. The molecule has 120 valence electrons. The van der Waals surface area contributed by atoms with Gasteiger partial charge in [0.1, 0.15) is 5.58 Å². The highest BCUT2D eigenvalue weighted by Gasteiger charge is 2.38. The number of aliphatic hydroxyl groups is 1. The maximum absolute atomic E-state index is 12.4. The number of alkyl halides is 3. The molecule has 0 saturated carbocycles. The smallest absolute Gasteiger partial charge is 0.415 e. The van der Waals surface area contributed by atoms with Gasteiger partial charge >= 0.3 is 11.8 Å². The molecule has 1 heterocycles. The van der Waals surface area contributed by atoms with E-state index in [1.807, 2.05) is 13.0 Å². The summed E-state index contributed by atoms with van der Waals surface area (Å²) in [6.07, 6.45) is -7.09. The first-order valence-corrected chi connectivity index (χ1v) is 6.63. The van der Waals surface area contributed by atoms with E-state index < -0.39 is 24.5 Å². The molecule has 2 aromatic rings. The quantitative estimate of drug-likeness (QED) is 0.881. The van der Waals surface area contributed by atoms with E-state index >= 15 is 0 Å². The minimum atomic E-state index is -4.66. The summed E-state index contributed by atoms with van der Waals surface area (Å²) in [5.41, 5.74) is 1.31. The second-order valence-corrected chi connectivity index (χ2v) is 5.34. The number of likely N-dealkylation sites (N-methyl/N-ethyl adjacent to an activating group) is 1. The van der Waals surface area contributed by atoms with Crippen LogP contribution in [0.2, 0.25) is 0 Å². The highest BCUT2D eigenvalue weighted by molar-refractivity contribution is 5.80. The summed E-state index contributed by atoms with van der Waals surface area (Å²) >= 11 is 0. The monoisotopic (exact) mass is 315 g/mol. The van der Waals surface area contributed by atoms with Crippen LogP contribution >= 0.6 is 0 Å². The lowest BCUT2D eigenvalue weighted by atomic mass is 10.1. The number of fused-ring (bicyclic) bond motifs is 1. The Hall–Kier alpha value is -1.86. The fraction of sp³-hybridized carbons (Fsp3) is 0.400. The number of hydrogen-bond acceptors (Lipinski definition) is 4. The van der Waals surface area contributed by atoms with Crippen LogP contribution in [0.1, 0.15) is 11.1 Å². The molecule has 4 nitrogen and oxygen atoms in total. The molecule has 1 N–H and O–H groups in total. The van der Waals surface area contributed by atoms with Crippen LogP contribution in [0.3, 0.4) is 0 Å². The van der Waals surface area contributed by atoms with Crippen molar-refractivity contribution in [2.45, 2.75) is 25.7 Å². The van der Waals surface area contributed by atoms with Gasteiger partial charge in [-0.15, -0.1) is 0 Å². The van der Waals surface area contributed by atoms with Gasteiger partial charge in [0.2, 0.25) is 0 Å². The Labute approximate surface area is 124 Å². The first kappa shape index (κ1) is 16.5. The number of aryl methyl sites for hydroxylation is 1. The third kappa shape index (κ3) is 3.86. The lowest BCUT2D eigenvalue weighted by Gasteiger charge is -2.22. The molecule has 0 spiro atoms. The highest BCUT2D eigenvalue weighted by Crippen LogP contribution is 2.22. The van der Waals surface area contributed by atoms with Crippen LogP contribution < -0.4 is 5.63 Å². The molecule has 2 rings (SSSR count). The molecule has 7 heteroatoms. The van der Waals surface area contributed by atoms with Crippen LogP contribution in [0.4, 0.5) is 13.2 Å². The normalized spacial score (nSPS) is 13.8. The van der Waals surface area contributed by atoms with Gasteiger partial charge in [-0.05, 0) is 31.2 Å². The van der Waals surface area contributed by atoms with Crippen molar-refractivity contribution >= 4 is 11.0 Å². The average molecular weight is 315 g/mol. The summed E-state index contributed by atoms with van der Waals surface area (Å²) in [7, 11) is 1.45. The largest absolute Gasteiger partial charge is 0.423 e. The zero-order valence-corrected chi connectivity index (χ0v) is 12.1. The van der Waals surface area contributed by atoms with E-state index in [1.54, 1.807) is 12.1 Å². The van der Waals surface area contributed by atoms with Gasteiger partial charge in [0, 0.05) is 24.5 Å². The van der Waals surface area contributed by atoms with E-state index in [0.717, 1.165) is 5.56 Å². The first-order chi connectivity index (χ1) is 10.2. The lowest BCUT2D eigenvalue weighted by Crippen LogP contribution is -2.39. The van der Waals surface area contributed by atoms with Crippen LogP contribution in [0.5, 0.6) is 0 Å². The summed E-state index contributed by atoms with van der Waals surface area (Å²) in [6.45, 7) is 1.37. The first-order valence-electron chi connectivity index (χ1n) is 6.63. The maximum atomic E-state index is 12.4. The van der Waals surface area contributed by atoms with E-state index in [4.69, 9.17) is 9.52 Å². The SMILES string of the molecule is Cc1ccc2c(CN(C)CC(O)C(F)(F)F)cc(=O)oc2c1. The van der Waals surface area contributed by atoms with Crippen molar-refractivity contribution in [3.8, 4) is 0 Å². The van der Waals surface area contributed by atoms with E-state index in [1.165, 1.54) is 18.0 Å². The molecule has 0 amide bonds. The second-order valence-electron chi connectivity index (χ2n) is 5.34. The van der Waals surface area contributed by atoms with Crippen molar-refractivity contribution in [3.05, 3.63) is 45.8 Å². The molecular formula is C15H16F3NO3. The minimum absolute atomic E-state index is 0.0955. The Kier molecular flexibility index (Phi) is 4.58. The Morgan fingerprint density at radius 1 is 1.32 bits per heavy atom. The number of hydrogen-bond donors (Lipinski definition) is 1. The van der Waals surface area contributed by atoms with Gasteiger partial charge in [0.05, 0.1) is 0 Å². The molecular weight excluding hydrogens is 299 g/mol. The molecule has 1 aromatic heterocycles. The molecule has 0 aliphatic carbocycles. The Morgan fingerprint density at radius 3 is 2.64 bits per heavy atom. The van der Waals surface area contributed by atoms with Crippen molar-refractivity contribution in [1.82, 2.24) is 4.90 Å². The van der Waals surface area contributed by atoms with Gasteiger partial charge < -0.3 is 9.52 Å². The molecule has 1 aromatic carbocycles. The van der Waals surface area contributed by atoms with Crippen LogP contribution in [0, 0.1) is 6.92 Å². The van der Waals surface area contributed by atoms with Crippen molar-refractivity contribution in [3.63, 3.8) is 0 Å². The zero-order chi connectivity index (χ0) is 16.5. The molecule has 22 heavy (non-hydrogen) atoms. The van der Waals surface area contributed by atoms with Crippen LogP contribution in [-0.2, 0) is 6.54 Å². The van der Waals surface area contributed by atoms with Gasteiger partial charge in [-0.2, -0.15) is 13.2 Å². The van der Waals surface area contributed by atoms with Crippen molar-refractivity contribution < 1.29 is 22.7 Å². The molecule has 0 radical (unpaired) electrons. The second kappa shape index (κ2) is 6.10. The van der Waals surface area contributed by atoms with Gasteiger partial charge in [-0.3, -0.25) is 4.90 Å². The Balaban J connectivity index is 2.26. The maximum Gasteiger partial charge on any atom is 0.415 e. The molecule has 0 aliphatic heterocycles. The van der Waals surface area contributed by atoms with Crippen LogP contribution in [0.15, 0.2) is 33.5 Å². The fourth-order valence-corrected chi connectivity index (χ4v) is 2.22. The summed E-state index contributed by atoms with van der Waals surface area (Å²) in [5.74, 6) is 0. The van der Waals surface area contributed by atoms with Crippen molar-refractivity contribution in [2.24, 2.45) is 0 Å². The molecule has 1 atom stereocenters. The average Bonchev–Trinajstić information content (AvgIpc) is 2.36. The number of rotatable bonds is 4. The molecule has 0 bridgehead atoms. The lowest BCUT2D eigenvalue weighted by molar-refractivity contribution is -0.207. The van der Waals surface area contributed by atoms with Crippen molar-refractivity contribution in [2.75, 3.05) is 13.6 Å².